The largest absolute Gasteiger partial charge is 0.348 e. The summed E-state index contributed by atoms with van der Waals surface area (Å²) in [5.41, 5.74) is 0.911. The van der Waals surface area contributed by atoms with Crippen LogP contribution in [0.3, 0.4) is 0 Å². The minimum Gasteiger partial charge on any atom is -0.348 e. The van der Waals surface area contributed by atoms with Gasteiger partial charge in [-0.3, -0.25) is 9.78 Å². The lowest BCUT2D eigenvalue weighted by atomic mass is 10.0. The van der Waals surface area contributed by atoms with Gasteiger partial charge in [-0.25, -0.2) is 0 Å². The lowest BCUT2D eigenvalue weighted by molar-refractivity contribution is -0.122. The van der Waals surface area contributed by atoms with E-state index in [9.17, 15) is 4.79 Å². The highest BCUT2D eigenvalue weighted by Gasteiger charge is 2.16. The number of carbonyl (C=O) groups excluding carboxylic acids is 1. The van der Waals surface area contributed by atoms with E-state index in [1.807, 2.05) is 25.1 Å². The summed E-state index contributed by atoms with van der Waals surface area (Å²) in [6.07, 6.45) is 4.54. The van der Waals surface area contributed by atoms with Crippen LogP contribution in [-0.4, -0.2) is 24.0 Å². The van der Waals surface area contributed by atoms with Crippen LogP contribution >= 0.6 is 0 Å². The molecule has 1 aliphatic rings. The lowest BCUT2D eigenvalue weighted by Crippen LogP contribution is -2.27. The van der Waals surface area contributed by atoms with Crippen LogP contribution in [0.1, 0.15) is 37.9 Å². The van der Waals surface area contributed by atoms with Gasteiger partial charge in [-0.15, -0.1) is 0 Å². The Hall–Kier alpha value is -1.42. The summed E-state index contributed by atoms with van der Waals surface area (Å²) < 4.78 is 0. The molecular weight excluding hydrogens is 226 g/mol. The van der Waals surface area contributed by atoms with Crippen LogP contribution in [0.25, 0.3) is 0 Å². The molecule has 1 fully saturated rings. The first-order valence-corrected chi connectivity index (χ1v) is 6.66. The van der Waals surface area contributed by atoms with E-state index in [1.165, 1.54) is 6.42 Å². The van der Waals surface area contributed by atoms with Crippen molar-refractivity contribution in [1.29, 1.82) is 0 Å². The third-order valence-corrected chi connectivity index (χ3v) is 3.45. The standard InChI is InChI=1S/C14H21N3O/c1-11(13-4-2-3-8-16-13)17-14(18)6-5-12-7-9-15-10-12/h2-4,8,11-12,15H,5-7,9-10H2,1H3,(H,17,18)/t11-,12?/m0/s1. The fraction of sp³-hybridized carbons (Fsp3) is 0.571. The number of amides is 1. The molecule has 1 aromatic heterocycles. The highest BCUT2D eigenvalue weighted by Crippen LogP contribution is 2.15. The summed E-state index contributed by atoms with van der Waals surface area (Å²) in [6, 6.07) is 5.74. The molecule has 0 aromatic carbocycles. The molecule has 18 heavy (non-hydrogen) atoms. The van der Waals surface area contributed by atoms with Crippen LogP contribution in [0.2, 0.25) is 0 Å². The molecule has 0 spiro atoms. The van der Waals surface area contributed by atoms with Gasteiger partial charge in [0.1, 0.15) is 0 Å². The molecule has 2 atom stereocenters. The fourth-order valence-electron chi connectivity index (χ4n) is 2.32. The van der Waals surface area contributed by atoms with Crippen LogP contribution in [0, 0.1) is 5.92 Å². The van der Waals surface area contributed by atoms with E-state index in [-0.39, 0.29) is 11.9 Å². The Kier molecular flexibility index (Phi) is 4.70. The van der Waals surface area contributed by atoms with E-state index in [1.54, 1.807) is 6.20 Å². The molecule has 1 aromatic rings. The van der Waals surface area contributed by atoms with E-state index in [0.29, 0.717) is 12.3 Å². The van der Waals surface area contributed by atoms with Gasteiger partial charge in [-0.05, 0) is 50.9 Å². The zero-order valence-electron chi connectivity index (χ0n) is 10.9. The van der Waals surface area contributed by atoms with Gasteiger partial charge in [-0.2, -0.15) is 0 Å². The van der Waals surface area contributed by atoms with Crippen molar-refractivity contribution in [2.45, 2.75) is 32.2 Å². The van der Waals surface area contributed by atoms with Crippen molar-refractivity contribution in [2.24, 2.45) is 5.92 Å². The topological polar surface area (TPSA) is 54.0 Å². The van der Waals surface area contributed by atoms with Gasteiger partial charge in [0.05, 0.1) is 11.7 Å². The maximum Gasteiger partial charge on any atom is 0.220 e. The van der Waals surface area contributed by atoms with E-state index in [4.69, 9.17) is 0 Å². The number of nitrogens with one attached hydrogen (secondary N) is 2. The van der Waals surface area contributed by atoms with Crippen molar-refractivity contribution in [2.75, 3.05) is 13.1 Å². The van der Waals surface area contributed by atoms with Crippen molar-refractivity contribution >= 4 is 5.91 Å². The molecule has 0 aliphatic carbocycles. The van der Waals surface area contributed by atoms with Gasteiger partial charge < -0.3 is 10.6 Å². The van der Waals surface area contributed by atoms with Gasteiger partial charge in [0.2, 0.25) is 5.91 Å². The molecule has 2 rings (SSSR count). The van der Waals surface area contributed by atoms with Crippen LogP contribution in [0.5, 0.6) is 0 Å². The number of carbonyl (C=O) groups is 1. The molecule has 0 saturated carbocycles. The molecule has 98 valence electrons. The lowest BCUT2D eigenvalue weighted by Gasteiger charge is -2.14. The summed E-state index contributed by atoms with van der Waals surface area (Å²) in [4.78, 5) is 16.1. The predicted molar refractivity (Wildman–Crippen MR) is 71.0 cm³/mol. The predicted octanol–water partition coefficient (Wildman–Crippen LogP) is 1.65. The third kappa shape index (κ3) is 3.81. The first-order valence-electron chi connectivity index (χ1n) is 6.66. The second-order valence-corrected chi connectivity index (χ2v) is 4.94. The smallest absolute Gasteiger partial charge is 0.220 e. The van der Waals surface area contributed by atoms with Gasteiger partial charge in [0.25, 0.3) is 0 Å². The van der Waals surface area contributed by atoms with Crippen LogP contribution < -0.4 is 10.6 Å². The van der Waals surface area contributed by atoms with Crippen molar-refractivity contribution < 1.29 is 4.79 Å². The second kappa shape index (κ2) is 6.50. The highest BCUT2D eigenvalue weighted by atomic mass is 16.1. The average molecular weight is 247 g/mol. The number of rotatable bonds is 5. The fourth-order valence-corrected chi connectivity index (χ4v) is 2.32. The van der Waals surface area contributed by atoms with Gasteiger partial charge in [0.15, 0.2) is 0 Å². The SMILES string of the molecule is C[C@H](NC(=O)CCC1CCNC1)c1ccccn1. The summed E-state index contributed by atoms with van der Waals surface area (Å²) in [7, 11) is 0. The van der Waals surface area contributed by atoms with Gasteiger partial charge in [-0.1, -0.05) is 6.07 Å². The van der Waals surface area contributed by atoms with Crippen molar-refractivity contribution in [1.82, 2.24) is 15.6 Å². The summed E-state index contributed by atoms with van der Waals surface area (Å²) in [5.74, 6) is 0.793. The molecule has 0 bridgehead atoms. The van der Waals surface area contributed by atoms with E-state index < -0.39 is 0 Å². The first-order chi connectivity index (χ1) is 8.75. The number of hydrogen-bond donors (Lipinski definition) is 2. The minimum atomic E-state index is -0.0135. The minimum absolute atomic E-state index is 0.0135. The van der Waals surface area contributed by atoms with Gasteiger partial charge in [0, 0.05) is 12.6 Å². The molecule has 0 radical (unpaired) electrons. The van der Waals surface area contributed by atoms with Crippen LogP contribution in [0.15, 0.2) is 24.4 Å². The zero-order valence-corrected chi connectivity index (χ0v) is 10.9. The van der Waals surface area contributed by atoms with E-state index in [2.05, 4.69) is 15.6 Å². The number of pyridine rings is 1. The Labute approximate surface area is 108 Å². The van der Waals surface area contributed by atoms with Crippen molar-refractivity contribution in [3.63, 3.8) is 0 Å². The Morgan fingerprint density at radius 3 is 3.17 bits per heavy atom. The van der Waals surface area contributed by atoms with Crippen molar-refractivity contribution in [3.05, 3.63) is 30.1 Å². The summed E-state index contributed by atoms with van der Waals surface area (Å²) in [6.45, 7) is 4.12. The maximum atomic E-state index is 11.8. The highest BCUT2D eigenvalue weighted by molar-refractivity contribution is 5.76. The zero-order chi connectivity index (χ0) is 12.8. The Bertz CT molecular complexity index is 374. The molecular formula is C14H21N3O. The third-order valence-electron chi connectivity index (χ3n) is 3.45. The number of aromatic nitrogens is 1. The molecule has 4 heteroatoms. The second-order valence-electron chi connectivity index (χ2n) is 4.94. The molecule has 1 saturated heterocycles. The summed E-state index contributed by atoms with van der Waals surface area (Å²) in [5, 5.41) is 6.32. The van der Waals surface area contributed by atoms with E-state index in [0.717, 1.165) is 25.2 Å². The number of nitrogens with zero attached hydrogens (tertiary/aromatic N) is 1. The van der Waals surface area contributed by atoms with Crippen LogP contribution in [0.4, 0.5) is 0 Å². The van der Waals surface area contributed by atoms with Crippen molar-refractivity contribution in [3.8, 4) is 0 Å². The quantitative estimate of drug-likeness (QED) is 0.832. The molecule has 1 aliphatic heterocycles. The van der Waals surface area contributed by atoms with Crippen LogP contribution in [-0.2, 0) is 4.79 Å². The monoisotopic (exact) mass is 247 g/mol. The Balaban J connectivity index is 1.73. The van der Waals surface area contributed by atoms with E-state index >= 15 is 0 Å². The normalized spacial score (nSPS) is 20.6. The molecule has 4 nitrogen and oxygen atoms in total. The summed E-state index contributed by atoms with van der Waals surface area (Å²) >= 11 is 0. The number of hydrogen-bond acceptors (Lipinski definition) is 3. The molecule has 1 amide bonds. The molecule has 2 N–H and O–H groups in total. The Morgan fingerprint density at radius 1 is 1.61 bits per heavy atom. The van der Waals surface area contributed by atoms with Gasteiger partial charge >= 0.3 is 0 Å². The average Bonchev–Trinajstić information content (AvgIpc) is 2.90. The molecule has 2 heterocycles. The Morgan fingerprint density at radius 2 is 2.50 bits per heavy atom. The maximum absolute atomic E-state index is 11.8. The first kappa shape index (κ1) is 13.0. The molecule has 1 unspecified atom stereocenters.